The van der Waals surface area contributed by atoms with Gasteiger partial charge in [-0.25, -0.2) is 4.79 Å². The number of carbonyl (C=O) groups is 1. The van der Waals surface area contributed by atoms with Crippen molar-refractivity contribution >= 4 is 6.09 Å². The first kappa shape index (κ1) is 18.2. The summed E-state index contributed by atoms with van der Waals surface area (Å²) >= 11 is 0. The van der Waals surface area contributed by atoms with Crippen LogP contribution in [-0.2, 0) is 4.74 Å². The van der Waals surface area contributed by atoms with Gasteiger partial charge in [0.1, 0.15) is 5.60 Å². The van der Waals surface area contributed by atoms with Gasteiger partial charge in [0.25, 0.3) is 0 Å². The van der Waals surface area contributed by atoms with E-state index in [1.807, 2.05) is 20.8 Å². The zero-order valence-electron chi connectivity index (χ0n) is 14.4. The molecule has 1 fully saturated rings. The quantitative estimate of drug-likeness (QED) is 0.739. The Kier molecular flexibility index (Phi) is 7.46. The van der Waals surface area contributed by atoms with Crippen molar-refractivity contribution < 1.29 is 9.53 Å². The van der Waals surface area contributed by atoms with Crippen LogP contribution in [0, 0.1) is 0 Å². The van der Waals surface area contributed by atoms with Crippen LogP contribution >= 0.6 is 0 Å². The van der Waals surface area contributed by atoms with E-state index in [0.717, 1.165) is 38.8 Å². The lowest BCUT2D eigenvalue weighted by molar-refractivity contribution is 0.0488. The molecule has 0 spiro atoms. The first-order valence-electron chi connectivity index (χ1n) is 8.14. The van der Waals surface area contributed by atoms with Crippen molar-refractivity contribution in [1.29, 1.82) is 0 Å². The minimum absolute atomic E-state index is 0.236. The minimum Gasteiger partial charge on any atom is -0.444 e. The van der Waals surface area contributed by atoms with Crippen molar-refractivity contribution in [2.24, 2.45) is 0 Å². The number of hydrogen-bond acceptors (Lipinski definition) is 4. The molecule has 0 aromatic rings. The van der Waals surface area contributed by atoms with Crippen LogP contribution in [0.25, 0.3) is 0 Å². The molecule has 1 aliphatic carbocycles. The maximum absolute atomic E-state index is 11.8. The van der Waals surface area contributed by atoms with Crippen molar-refractivity contribution in [1.82, 2.24) is 15.5 Å². The SMILES string of the molecule is CN(C)CCCNC1CCCC(NC(=O)OC(C)(C)C)C1. The number of nitrogens with one attached hydrogen (secondary N) is 2. The molecule has 2 unspecified atom stereocenters. The molecule has 124 valence electrons. The fourth-order valence-corrected chi connectivity index (χ4v) is 2.68. The van der Waals surface area contributed by atoms with Crippen LogP contribution in [0.1, 0.15) is 52.9 Å². The largest absolute Gasteiger partial charge is 0.444 e. The summed E-state index contributed by atoms with van der Waals surface area (Å²) in [5.41, 5.74) is -0.428. The van der Waals surface area contributed by atoms with Crippen LogP contribution in [0.4, 0.5) is 4.79 Å². The summed E-state index contributed by atoms with van der Waals surface area (Å²) in [6, 6.07) is 0.751. The van der Waals surface area contributed by atoms with E-state index in [1.165, 1.54) is 6.42 Å². The lowest BCUT2D eigenvalue weighted by atomic mass is 9.91. The summed E-state index contributed by atoms with van der Waals surface area (Å²) in [6.07, 6.45) is 5.28. The molecular formula is C16H33N3O2. The van der Waals surface area contributed by atoms with Gasteiger partial charge in [-0.05, 0) is 80.1 Å². The van der Waals surface area contributed by atoms with Crippen molar-refractivity contribution in [3.8, 4) is 0 Å². The van der Waals surface area contributed by atoms with Crippen LogP contribution in [0.5, 0.6) is 0 Å². The van der Waals surface area contributed by atoms with E-state index in [0.29, 0.717) is 6.04 Å². The molecule has 0 saturated heterocycles. The zero-order valence-corrected chi connectivity index (χ0v) is 14.4. The summed E-state index contributed by atoms with van der Waals surface area (Å²) < 4.78 is 5.32. The molecule has 1 rings (SSSR count). The van der Waals surface area contributed by atoms with Crippen LogP contribution in [0.15, 0.2) is 0 Å². The van der Waals surface area contributed by atoms with Gasteiger partial charge in [0, 0.05) is 12.1 Å². The van der Waals surface area contributed by atoms with E-state index in [-0.39, 0.29) is 12.1 Å². The van der Waals surface area contributed by atoms with Gasteiger partial charge < -0.3 is 20.3 Å². The zero-order chi connectivity index (χ0) is 15.9. The summed E-state index contributed by atoms with van der Waals surface area (Å²) in [5.74, 6) is 0. The summed E-state index contributed by atoms with van der Waals surface area (Å²) in [7, 11) is 4.20. The summed E-state index contributed by atoms with van der Waals surface area (Å²) in [5, 5.41) is 6.61. The summed E-state index contributed by atoms with van der Waals surface area (Å²) in [6.45, 7) is 7.83. The van der Waals surface area contributed by atoms with E-state index in [4.69, 9.17) is 4.74 Å². The minimum atomic E-state index is -0.428. The molecule has 5 nitrogen and oxygen atoms in total. The molecule has 0 heterocycles. The standard InChI is InChI=1S/C16H33N3O2/c1-16(2,3)21-15(20)18-14-9-6-8-13(12-14)17-10-7-11-19(4)5/h13-14,17H,6-12H2,1-5H3,(H,18,20). The maximum atomic E-state index is 11.8. The maximum Gasteiger partial charge on any atom is 0.407 e. The van der Waals surface area contributed by atoms with E-state index in [9.17, 15) is 4.79 Å². The third-order valence-electron chi connectivity index (χ3n) is 3.61. The van der Waals surface area contributed by atoms with Gasteiger partial charge in [-0.1, -0.05) is 0 Å². The number of rotatable bonds is 6. The number of hydrogen-bond donors (Lipinski definition) is 2. The molecule has 0 aromatic heterocycles. The number of amides is 1. The Labute approximate surface area is 129 Å². The van der Waals surface area contributed by atoms with Gasteiger partial charge in [0.2, 0.25) is 0 Å². The molecule has 21 heavy (non-hydrogen) atoms. The highest BCUT2D eigenvalue weighted by Gasteiger charge is 2.25. The Bertz CT molecular complexity index is 313. The lowest BCUT2D eigenvalue weighted by Crippen LogP contribution is -2.46. The number of nitrogens with zero attached hydrogens (tertiary/aromatic N) is 1. The second-order valence-corrected chi connectivity index (χ2v) is 7.32. The van der Waals surface area contributed by atoms with E-state index in [1.54, 1.807) is 0 Å². The van der Waals surface area contributed by atoms with Crippen LogP contribution < -0.4 is 10.6 Å². The molecule has 2 N–H and O–H groups in total. The van der Waals surface area contributed by atoms with E-state index in [2.05, 4.69) is 29.6 Å². The molecule has 0 radical (unpaired) electrons. The molecule has 1 amide bonds. The molecule has 0 aliphatic heterocycles. The average molecular weight is 299 g/mol. The van der Waals surface area contributed by atoms with Crippen molar-refractivity contribution in [3.05, 3.63) is 0 Å². The molecule has 1 aliphatic rings. The fourth-order valence-electron chi connectivity index (χ4n) is 2.68. The van der Waals surface area contributed by atoms with Gasteiger partial charge in [0.05, 0.1) is 0 Å². The van der Waals surface area contributed by atoms with Crippen LogP contribution in [0.3, 0.4) is 0 Å². The Morgan fingerprint density at radius 3 is 2.52 bits per heavy atom. The van der Waals surface area contributed by atoms with Crippen LogP contribution in [-0.4, -0.2) is 55.9 Å². The predicted octanol–water partition coefficient (Wildman–Crippen LogP) is 2.36. The van der Waals surface area contributed by atoms with E-state index >= 15 is 0 Å². The summed E-state index contributed by atoms with van der Waals surface area (Å²) in [4.78, 5) is 14.0. The van der Waals surface area contributed by atoms with Gasteiger partial charge in [-0.15, -0.1) is 0 Å². The van der Waals surface area contributed by atoms with Crippen molar-refractivity contribution in [2.45, 2.75) is 70.6 Å². The van der Waals surface area contributed by atoms with Gasteiger partial charge in [-0.2, -0.15) is 0 Å². The van der Waals surface area contributed by atoms with Gasteiger partial charge >= 0.3 is 6.09 Å². The monoisotopic (exact) mass is 299 g/mol. The topological polar surface area (TPSA) is 53.6 Å². The smallest absolute Gasteiger partial charge is 0.407 e. The Morgan fingerprint density at radius 1 is 1.24 bits per heavy atom. The third-order valence-corrected chi connectivity index (χ3v) is 3.61. The average Bonchev–Trinajstić information content (AvgIpc) is 2.32. The predicted molar refractivity (Wildman–Crippen MR) is 86.6 cm³/mol. The van der Waals surface area contributed by atoms with E-state index < -0.39 is 5.60 Å². The number of alkyl carbamates (subject to hydrolysis) is 1. The first-order valence-corrected chi connectivity index (χ1v) is 8.14. The molecule has 2 atom stereocenters. The van der Waals surface area contributed by atoms with Crippen LogP contribution in [0.2, 0.25) is 0 Å². The Balaban J connectivity index is 2.24. The molecule has 5 heteroatoms. The number of carbonyl (C=O) groups excluding carboxylic acids is 1. The fraction of sp³-hybridized carbons (Fsp3) is 0.938. The molecule has 0 bridgehead atoms. The van der Waals surface area contributed by atoms with Crippen molar-refractivity contribution in [2.75, 3.05) is 27.2 Å². The highest BCUT2D eigenvalue weighted by atomic mass is 16.6. The van der Waals surface area contributed by atoms with Gasteiger partial charge in [0.15, 0.2) is 0 Å². The third kappa shape index (κ3) is 8.94. The highest BCUT2D eigenvalue weighted by Crippen LogP contribution is 2.19. The normalized spacial score (nSPS) is 23.1. The van der Waals surface area contributed by atoms with Crippen molar-refractivity contribution in [3.63, 3.8) is 0 Å². The molecule has 1 saturated carbocycles. The second kappa shape index (κ2) is 8.59. The molecular weight excluding hydrogens is 266 g/mol. The Morgan fingerprint density at radius 2 is 1.90 bits per heavy atom. The number of ether oxygens (including phenoxy) is 1. The Hall–Kier alpha value is -0.810. The van der Waals surface area contributed by atoms with Gasteiger partial charge in [-0.3, -0.25) is 0 Å². The second-order valence-electron chi connectivity index (χ2n) is 7.32. The lowest BCUT2D eigenvalue weighted by Gasteiger charge is -2.31. The first-order chi connectivity index (χ1) is 9.76. The molecule has 0 aromatic carbocycles. The highest BCUT2D eigenvalue weighted by molar-refractivity contribution is 5.68.